The van der Waals surface area contributed by atoms with Crippen LogP contribution >= 0.6 is 15.9 Å². The highest BCUT2D eigenvalue weighted by atomic mass is 79.9. The van der Waals surface area contributed by atoms with Gasteiger partial charge in [0.05, 0.1) is 30.9 Å². The van der Waals surface area contributed by atoms with Crippen LogP contribution in [0.15, 0.2) is 45.5 Å². The summed E-state index contributed by atoms with van der Waals surface area (Å²) in [6.45, 7) is 0.180. The quantitative estimate of drug-likeness (QED) is 0.820. The molecule has 0 saturated carbocycles. The molecular weight excluding hydrogens is 352 g/mol. The number of carbonyl (C=O) groups excluding carboxylic acids is 2. The summed E-state index contributed by atoms with van der Waals surface area (Å²) in [5.74, 6) is 0.653. The van der Waals surface area contributed by atoms with Gasteiger partial charge in [0.15, 0.2) is 0 Å². The van der Waals surface area contributed by atoms with Crippen LogP contribution < -0.4 is 15.4 Å². The molecule has 0 bridgehead atoms. The predicted octanol–water partition coefficient (Wildman–Crippen LogP) is 2.10. The Morgan fingerprint density at radius 1 is 1.27 bits per heavy atom. The number of rotatable bonds is 6. The summed E-state index contributed by atoms with van der Waals surface area (Å²) in [4.78, 5) is 23.6. The fourth-order valence-corrected chi connectivity index (χ4v) is 2.27. The van der Waals surface area contributed by atoms with Gasteiger partial charge in [0.2, 0.25) is 5.91 Å². The SMILES string of the molecule is COc1ccc(C(=O)NCC(=O)NCc2ccco2)cc1Br. The molecule has 2 aromatic rings. The highest BCUT2D eigenvalue weighted by Gasteiger charge is 2.10. The Hall–Kier alpha value is -2.28. The molecule has 0 aliphatic carbocycles. The maximum absolute atomic E-state index is 12.0. The number of ether oxygens (including phenoxy) is 1. The van der Waals surface area contributed by atoms with E-state index in [1.165, 1.54) is 6.26 Å². The third kappa shape index (κ3) is 4.36. The molecule has 0 aliphatic heterocycles. The molecule has 2 amide bonds. The minimum atomic E-state index is -0.337. The van der Waals surface area contributed by atoms with Crippen LogP contribution in [-0.4, -0.2) is 25.5 Å². The Bertz CT molecular complexity index is 656. The Balaban J connectivity index is 1.81. The van der Waals surface area contributed by atoms with Crippen LogP contribution in [0.25, 0.3) is 0 Å². The zero-order valence-electron chi connectivity index (χ0n) is 11.9. The number of halogens is 1. The van der Waals surface area contributed by atoms with Crippen LogP contribution in [0, 0.1) is 0 Å². The van der Waals surface area contributed by atoms with Crippen molar-refractivity contribution < 1.29 is 18.7 Å². The van der Waals surface area contributed by atoms with E-state index >= 15 is 0 Å². The number of carbonyl (C=O) groups is 2. The van der Waals surface area contributed by atoms with Crippen LogP contribution in [0.2, 0.25) is 0 Å². The van der Waals surface area contributed by atoms with Gasteiger partial charge in [0, 0.05) is 5.56 Å². The van der Waals surface area contributed by atoms with E-state index in [-0.39, 0.29) is 24.9 Å². The molecule has 7 heteroatoms. The van der Waals surface area contributed by atoms with Crippen molar-refractivity contribution in [1.29, 1.82) is 0 Å². The van der Waals surface area contributed by atoms with Crippen LogP contribution in [0.4, 0.5) is 0 Å². The minimum Gasteiger partial charge on any atom is -0.496 e. The highest BCUT2D eigenvalue weighted by Crippen LogP contribution is 2.25. The first-order valence-electron chi connectivity index (χ1n) is 6.51. The first-order chi connectivity index (χ1) is 10.6. The number of hydrogen-bond donors (Lipinski definition) is 2. The topological polar surface area (TPSA) is 80.6 Å². The van der Waals surface area contributed by atoms with Gasteiger partial charge in [-0.1, -0.05) is 0 Å². The van der Waals surface area contributed by atoms with E-state index in [1.54, 1.807) is 37.4 Å². The number of hydrogen-bond acceptors (Lipinski definition) is 4. The second kappa shape index (κ2) is 7.65. The molecule has 0 saturated heterocycles. The number of methoxy groups -OCH3 is 1. The first-order valence-corrected chi connectivity index (χ1v) is 7.30. The number of nitrogens with one attached hydrogen (secondary N) is 2. The van der Waals surface area contributed by atoms with Crippen LogP contribution in [0.1, 0.15) is 16.1 Å². The summed E-state index contributed by atoms with van der Waals surface area (Å²) >= 11 is 3.31. The van der Waals surface area contributed by atoms with Gasteiger partial charge in [0.1, 0.15) is 11.5 Å². The lowest BCUT2D eigenvalue weighted by Gasteiger charge is -2.08. The van der Waals surface area contributed by atoms with Crippen LogP contribution in [-0.2, 0) is 11.3 Å². The highest BCUT2D eigenvalue weighted by molar-refractivity contribution is 9.10. The Morgan fingerprint density at radius 2 is 2.09 bits per heavy atom. The van der Waals surface area contributed by atoms with E-state index < -0.39 is 0 Å². The van der Waals surface area contributed by atoms with Crippen molar-refractivity contribution in [3.8, 4) is 5.75 Å². The van der Waals surface area contributed by atoms with Crippen LogP contribution in [0.5, 0.6) is 5.75 Å². The second-order valence-electron chi connectivity index (χ2n) is 4.39. The Kier molecular flexibility index (Phi) is 5.60. The number of furan rings is 1. The van der Waals surface area contributed by atoms with Gasteiger partial charge in [-0.2, -0.15) is 0 Å². The molecular formula is C15H15BrN2O4. The smallest absolute Gasteiger partial charge is 0.251 e. The lowest BCUT2D eigenvalue weighted by atomic mass is 10.2. The summed E-state index contributed by atoms with van der Waals surface area (Å²) in [6.07, 6.45) is 1.53. The molecule has 2 N–H and O–H groups in total. The van der Waals surface area contributed by atoms with Gasteiger partial charge in [-0.25, -0.2) is 0 Å². The van der Waals surface area contributed by atoms with Gasteiger partial charge in [0.25, 0.3) is 5.91 Å². The zero-order chi connectivity index (χ0) is 15.9. The molecule has 0 radical (unpaired) electrons. The Morgan fingerprint density at radius 3 is 2.73 bits per heavy atom. The summed E-state index contributed by atoms with van der Waals surface area (Å²) in [5, 5.41) is 5.20. The molecule has 6 nitrogen and oxygen atoms in total. The number of amides is 2. The third-order valence-corrected chi connectivity index (χ3v) is 3.48. The standard InChI is InChI=1S/C15H15BrN2O4/c1-21-13-5-4-10(7-12(13)16)15(20)18-9-14(19)17-8-11-3-2-6-22-11/h2-7H,8-9H2,1H3,(H,17,19)(H,18,20). The lowest BCUT2D eigenvalue weighted by Crippen LogP contribution is -2.36. The maximum Gasteiger partial charge on any atom is 0.251 e. The van der Waals surface area contributed by atoms with E-state index in [0.29, 0.717) is 21.5 Å². The minimum absolute atomic E-state index is 0.108. The molecule has 22 heavy (non-hydrogen) atoms. The van der Waals surface area contributed by atoms with Crippen molar-refractivity contribution in [1.82, 2.24) is 10.6 Å². The molecule has 1 aromatic carbocycles. The van der Waals surface area contributed by atoms with Crippen molar-refractivity contribution in [3.63, 3.8) is 0 Å². The predicted molar refractivity (Wildman–Crippen MR) is 83.6 cm³/mol. The molecule has 1 heterocycles. The molecule has 0 unspecified atom stereocenters. The largest absolute Gasteiger partial charge is 0.496 e. The second-order valence-corrected chi connectivity index (χ2v) is 5.24. The fraction of sp³-hybridized carbons (Fsp3) is 0.200. The van der Waals surface area contributed by atoms with Gasteiger partial charge >= 0.3 is 0 Å². The zero-order valence-corrected chi connectivity index (χ0v) is 13.5. The van der Waals surface area contributed by atoms with Gasteiger partial charge < -0.3 is 19.8 Å². The van der Waals surface area contributed by atoms with E-state index in [9.17, 15) is 9.59 Å². The summed E-state index contributed by atoms with van der Waals surface area (Å²) < 4.78 is 10.9. The Labute approximate surface area is 136 Å². The lowest BCUT2D eigenvalue weighted by molar-refractivity contribution is -0.120. The molecule has 116 valence electrons. The van der Waals surface area contributed by atoms with Gasteiger partial charge in [-0.3, -0.25) is 9.59 Å². The normalized spacial score (nSPS) is 10.1. The monoisotopic (exact) mass is 366 g/mol. The van der Waals surface area contributed by atoms with Crippen molar-refractivity contribution >= 4 is 27.7 Å². The van der Waals surface area contributed by atoms with E-state index in [1.807, 2.05) is 0 Å². The average Bonchev–Trinajstić information content (AvgIpc) is 3.03. The van der Waals surface area contributed by atoms with E-state index in [4.69, 9.17) is 9.15 Å². The molecule has 1 aromatic heterocycles. The van der Waals surface area contributed by atoms with Crippen LogP contribution in [0.3, 0.4) is 0 Å². The third-order valence-electron chi connectivity index (χ3n) is 2.86. The van der Waals surface area contributed by atoms with E-state index in [2.05, 4.69) is 26.6 Å². The van der Waals surface area contributed by atoms with Crippen molar-refractivity contribution in [2.24, 2.45) is 0 Å². The molecule has 0 fully saturated rings. The molecule has 0 atom stereocenters. The summed E-state index contributed by atoms with van der Waals surface area (Å²) in [5.41, 5.74) is 0.437. The summed E-state index contributed by atoms with van der Waals surface area (Å²) in [7, 11) is 1.54. The van der Waals surface area contributed by atoms with Gasteiger partial charge in [-0.15, -0.1) is 0 Å². The fourth-order valence-electron chi connectivity index (χ4n) is 1.73. The summed E-state index contributed by atoms with van der Waals surface area (Å²) in [6, 6.07) is 8.43. The average molecular weight is 367 g/mol. The maximum atomic E-state index is 12.0. The molecule has 0 aliphatic rings. The first kappa shape index (κ1) is 16.1. The number of benzene rings is 1. The van der Waals surface area contributed by atoms with Crippen molar-refractivity contribution in [2.45, 2.75) is 6.54 Å². The van der Waals surface area contributed by atoms with Gasteiger partial charge in [-0.05, 0) is 46.3 Å². The molecule has 2 rings (SSSR count). The molecule has 0 spiro atoms. The van der Waals surface area contributed by atoms with Crippen molar-refractivity contribution in [2.75, 3.05) is 13.7 Å². The van der Waals surface area contributed by atoms with Crippen molar-refractivity contribution in [3.05, 3.63) is 52.4 Å². The van der Waals surface area contributed by atoms with E-state index in [0.717, 1.165) is 0 Å².